The Balaban J connectivity index is 2.23. The predicted molar refractivity (Wildman–Crippen MR) is 79.8 cm³/mol. The molecule has 1 saturated heterocycles. The summed E-state index contributed by atoms with van der Waals surface area (Å²) in [5.74, 6) is 0.477. The van der Waals surface area contributed by atoms with E-state index in [0.717, 1.165) is 30.5 Å². The van der Waals surface area contributed by atoms with Gasteiger partial charge in [-0.3, -0.25) is 0 Å². The predicted octanol–water partition coefficient (Wildman–Crippen LogP) is 1.57. The molecule has 108 valence electrons. The first-order valence-electron chi connectivity index (χ1n) is 6.76. The third-order valence-electron chi connectivity index (χ3n) is 3.76. The van der Waals surface area contributed by atoms with Crippen molar-refractivity contribution >= 4 is 17.9 Å². The second kappa shape index (κ2) is 6.05. The van der Waals surface area contributed by atoms with Crippen LogP contribution in [0.1, 0.15) is 12.5 Å². The highest BCUT2D eigenvalue weighted by Crippen LogP contribution is 2.27. The number of hydrogen-bond donors (Lipinski definition) is 1. The number of nitrogens with zero attached hydrogens (tertiary/aromatic N) is 3. The Morgan fingerprint density at radius 3 is 2.85 bits per heavy atom. The molecule has 0 spiro atoms. The lowest BCUT2D eigenvalue weighted by Gasteiger charge is -2.23. The number of anilines is 1. The van der Waals surface area contributed by atoms with E-state index >= 15 is 0 Å². The van der Waals surface area contributed by atoms with Gasteiger partial charge in [-0.25, -0.2) is 9.78 Å². The standard InChI is InChI=1S/C15H21N3O2/c1-11-9-18(10-13(11)17(2)3)15-12(5-4-8-16-15)6-7-14(19)20/h4-8,11,13H,9-10H2,1-3H3,(H,19,20)/b7-6+. The first-order valence-corrected chi connectivity index (χ1v) is 6.76. The monoisotopic (exact) mass is 275 g/mol. The first kappa shape index (κ1) is 14.5. The molecule has 0 radical (unpaired) electrons. The van der Waals surface area contributed by atoms with Crippen LogP contribution in [0, 0.1) is 5.92 Å². The van der Waals surface area contributed by atoms with Gasteiger partial charge in [-0.2, -0.15) is 0 Å². The minimum atomic E-state index is -0.944. The molecule has 0 aliphatic carbocycles. The minimum Gasteiger partial charge on any atom is -0.478 e. The van der Waals surface area contributed by atoms with Gasteiger partial charge in [0.1, 0.15) is 5.82 Å². The molecule has 2 atom stereocenters. The molecule has 2 unspecified atom stereocenters. The van der Waals surface area contributed by atoms with E-state index in [0.29, 0.717) is 12.0 Å². The van der Waals surface area contributed by atoms with E-state index in [2.05, 4.69) is 35.8 Å². The van der Waals surface area contributed by atoms with Crippen molar-refractivity contribution < 1.29 is 9.90 Å². The summed E-state index contributed by atoms with van der Waals surface area (Å²) in [6, 6.07) is 4.22. The van der Waals surface area contributed by atoms with Crippen molar-refractivity contribution in [1.82, 2.24) is 9.88 Å². The van der Waals surface area contributed by atoms with Crippen molar-refractivity contribution in [3.8, 4) is 0 Å². The van der Waals surface area contributed by atoms with Gasteiger partial charge < -0.3 is 14.9 Å². The maximum absolute atomic E-state index is 10.7. The molecule has 1 aromatic rings. The SMILES string of the molecule is CC1CN(c2ncccc2/C=C/C(=O)O)CC1N(C)C. The van der Waals surface area contributed by atoms with Crippen LogP contribution in [0.25, 0.3) is 6.08 Å². The largest absolute Gasteiger partial charge is 0.478 e. The molecule has 2 rings (SSSR count). The molecule has 0 bridgehead atoms. The summed E-state index contributed by atoms with van der Waals surface area (Å²) in [5.41, 5.74) is 0.849. The summed E-state index contributed by atoms with van der Waals surface area (Å²) < 4.78 is 0. The van der Waals surface area contributed by atoms with Gasteiger partial charge in [0, 0.05) is 37.0 Å². The molecule has 1 N–H and O–H groups in total. The molecule has 1 aromatic heterocycles. The Morgan fingerprint density at radius 1 is 1.50 bits per heavy atom. The lowest BCUT2D eigenvalue weighted by molar-refractivity contribution is -0.131. The van der Waals surface area contributed by atoms with Gasteiger partial charge >= 0.3 is 5.97 Å². The summed E-state index contributed by atoms with van der Waals surface area (Å²) in [5, 5.41) is 8.76. The molecule has 1 aliphatic heterocycles. The lowest BCUT2D eigenvalue weighted by atomic mass is 10.1. The average Bonchev–Trinajstić information content (AvgIpc) is 2.79. The number of likely N-dealkylation sites (N-methyl/N-ethyl adjacent to an activating group) is 1. The second-order valence-corrected chi connectivity index (χ2v) is 5.50. The number of pyridine rings is 1. The minimum absolute atomic E-state index is 0.494. The highest BCUT2D eigenvalue weighted by atomic mass is 16.4. The fourth-order valence-electron chi connectivity index (χ4n) is 2.76. The van der Waals surface area contributed by atoms with Crippen LogP contribution in [-0.4, -0.2) is 54.2 Å². The summed E-state index contributed by atoms with van der Waals surface area (Å²) in [4.78, 5) is 19.6. The number of aliphatic carboxylic acids is 1. The molecule has 0 aromatic carbocycles. The highest BCUT2D eigenvalue weighted by Gasteiger charge is 2.32. The molecule has 0 saturated carbocycles. The zero-order chi connectivity index (χ0) is 14.7. The Morgan fingerprint density at radius 2 is 2.25 bits per heavy atom. The summed E-state index contributed by atoms with van der Waals surface area (Å²) >= 11 is 0. The van der Waals surface area contributed by atoms with E-state index in [4.69, 9.17) is 5.11 Å². The normalized spacial score (nSPS) is 22.9. The molecule has 5 heteroatoms. The number of aromatic nitrogens is 1. The molecule has 1 fully saturated rings. The fraction of sp³-hybridized carbons (Fsp3) is 0.467. The van der Waals surface area contributed by atoms with Crippen LogP contribution in [0.2, 0.25) is 0 Å². The maximum Gasteiger partial charge on any atom is 0.328 e. The van der Waals surface area contributed by atoms with Crippen LogP contribution in [-0.2, 0) is 4.79 Å². The van der Waals surface area contributed by atoms with Gasteiger partial charge in [0.25, 0.3) is 0 Å². The Kier molecular flexibility index (Phi) is 4.39. The Hall–Kier alpha value is -1.88. The van der Waals surface area contributed by atoms with Crippen LogP contribution in [0.5, 0.6) is 0 Å². The van der Waals surface area contributed by atoms with Crippen LogP contribution in [0.4, 0.5) is 5.82 Å². The molecule has 5 nitrogen and oxygen atoms in total. The third-order valence-corrected chi connectivity index (χ3v) is 3.76. The topological polar surface area (TPSA) is 56.7 Å². The van der Waals surface area contributed by atoms with E-state index in [9.17, 15) is 4.79 Å². The molecular formula is C15H21N3O2. The quantitative estimate of drug-likeness (QED) is 0.845. The van der Waals surface area contributed by atoms with E-state index < -0.39 is 5.97 Å². The summed E-state index contributed by atoms with van der Waals surface area (Å²) in [6.07, 6.45) is 4.52. The third kappa shape index (κ3) is 3.17. The van der Waals surface area contributed by atoms with Gasteiger partial charge in [0.2, 0.25) is 0 Å². The average molecular weight is 275 g/mol. The maximum atomic E-state index is 10.7. The number of carboxylic acid groups (broad SMARTS) is 1. The molecule has 2 heterocycles. The summed E-state index contributed by atoms with van der Waals surface area (Å²) in [6.45, 7) is 4.09. The van der Waals surface area contributed by atoms with E-state index in [1.54, 1.807) is 12.3 Å². The Bertz CT molecular complexity index is 514. The number of hydrogen-bond acceptors (Lipinski definition) is 4. The smallest absolute Gasteiger partial charge is 0.328 e. The number of carbonyl (C=O) groups is 1. The van der Waals surface area contributed by atoms with Crippen molar-refractivity contribution in [3.05, 3.63) is 30.0 Å². The zero-order valence-corrected chi connectivity index (χ0v) is 12.2. The second-order valence-electron chi connectivity index (χ2n) is 5.50. The van der Waals surface area contributed by atoms with Gasteiger partial charge in [0.05, 0.1) is 0 Å². The number of rotatable bonds is 4. The van der Waals surface area contributed by atoms with E-state index in [1.807, 2.05) is 12.1 Å². The van der Waals surface area contributed by atoms with Gasteiger partial charge in [-0.05, 0) is 38.2 Å². The van der Waals surface area contributed by atoms with Crippen molar-refractivity contribution in [2.75, 3.05) is 32.1 Å². The van der Waals surface area contributed by atoms with E-state index in [-0.39, 0.29) is 0 Å². The summed E-state index contributed by atoms with van der Waals surface area (Å²) in [7, 11) is 4.18. The molecule has 20 heavy (non-hydrogen) atoms. The van der Waals surface area contributed by atoms with Crippen molar-refractivity contribution in [2.45, 2.75) is 13.0 Å². The van der Waals surface area contributed by atoms with Crippen LogP contribution in [0.15, 0.2) is 24.4 Å². The van der Waals surface area contributed by atoms with Crippen LogP contribution < -0.4 is 4.90 Å². The molecule has 1 aliphatic rings. The van der Waals surface area contributed by atoms with Crippen LogP contribution >= 0.6 is 0 Å². The fourth-order valence-corrected chi connectivity index (χ4v) is 2.76. The van der Waals surface area contributed by atoms with E-state index in [1.165, 1.54) is 0 Å². The highest BCUT2D eigenvalue weighted by molar-refractivity contribution is 5.86. The number of carboxylic acids is 1. The van der Waals surface area contributed by atoms with Crippen molar-refractivity contribution in [3.63, 3.8) is 0 Å². The Labute approximate surface area is 119 Å². The molecule has 0 amide bonds. The van der Waals surface area contributed by atoms with Gasteiger partial charge in [-0.15, -0.1) is 0 Å². The zero-order valence-electron chi connectivity index (χ0n) is 12.2. The lowest BCUT2D eigenvalue weighted by Crippen LogP contribution is -2.34. The first-order chi connectivity index (χ1) is 9.49. The van der Waals surface area contributed by atoms with Gasteiger partial charge in [-0.1, -0.05) is 6.92 Å². The van der Waals surface area contributed by atoms with Gasteiger partial charge in [0.15, 0.2) is 0 Å². The molecular weight excluding hydrogens is 254 g/mol. The van der Waals surface area contributed by atoms with Crippen LogP contribution in [0.3, 0.4) is 0 Å². The van der Waals surface area contributed by atoms with Crippen molar-refractivity contribution in [1.29, 1.82) is 0 Å². The van der Waals surface area contributed by atoms with Crippen molar-refractivity contribution in [2.24, 2.45) is 5.92 Å².